The monoisotopic (exact) mass is 422 g/mol. The fourth-order valence-corrected chi connectivity index (χ4v) is 4.49. The predicted octanol–water partition coefficient (Wildman–Crippen LogP) is 2.78. The number of rotatable bonds is 4. The molecule has 7 nitrogen and oxygen atoms in total. The fourth-order valence-electron chi connectivity index (χ4n) is 4.49. The summed E-state index contributed by atoms with van der Waals surface area (Å²) in [6.07, 6.45) is 3.79. The minimum absolute atomic E-state index is 0.0553. The van der Waals surface area contributed by atoms with Crippen LogP contribution in [0.3, 0.4) is 0 Å². The van der Waals surface area contributed by atoms with E-state index in [2.05, 4.69) is 4.98 Å². The van der Waals surface area contributed by atoms with Gasteiger partial charge in [0.25, 0.3) is 11.5 Å². The maximum Gasteiger partial charge on any atom is 0.256 e. The SMILES string of the molecule is CCCC(=O)N1CCCC(c2nc3c(c(=O)[nH]2)CN(C(=O)c2ccc(C)cc2)CC3)C1. The summed E-state index contributed by atoms with van der Waals surface area (Å²) in [6.45, 7) is 6.20. The highest BCUT2D eigenvalue weighted by Crippen LogP contribution is 2.26. The summed E-state index contributed by atoms with van der Waals surface area (Å²) in [7, 11) is 0. The van der Waals surface area contributed by atoms with Crippen LogP contribution in [-0.4, -0.2) is 51.2 Å². The van der Waals surface area contributed by atoms with Gasteiger partial charge in [0.05, 0.1) is 17.8 Å². The van der Waals surface area contributed by atoms with Gasteiger partial charge < -0.3 is 14.8 Å². The standard InChI is InChI=1S/C24H30N4O3/c1-3-5-21(29)27-12-4-6-18(14-27)22-25-20-11-13-28(15-19(20)23(30)26-22)24(31)17-9-7-16(2)8-10-17/h7-10,18H,3-6,11-15H2,1-2H3,(H,25,26,30). The average Bonchev–Trinajstić information content (AvgIpc) is 2.79. The van der Waals surface area contributed by atoms with Crippen molar-refractivity contribution in [2.45, 2.75) is 58.4 Å². The molecule has 1 aromatic heterocycles. The van der Waals surface area contributed by atoms with Crippen molar-refractivity contribution in [2.75, 3.05) is 19.6 Å². The first-order chi connectivity index (χ1) is 15.0. The third-order valence-corrected chi connectivity index (χ3v) is 6.30. The molecule has 3 heterocycles. The highest BCUT2D eigenvalue weighted by atomic mass is 16.2. The van der Waals surface area contributed by atoms with Crippen LogP contribution >= 0.6 is 0 Å². The van der Waals surface area contributed by atoms with Crippen molar-refractivity contribution in [3.05, 3.63) is 62.8 Å². The Morgan fingerprint density at radius 2 is 1.94 bits per heavy atom. The van der Waals surface area contributed by atoms with Gasteiger partial charge in [-0.3, -0.25) is 14.4 Å². The third-order valence-electron chi connectivity index (χ3n) is 6.30. The van der Waals surface area contributed by atoms with Crippen molar-refractivity contribution < 1.29 is 9.59 Å². The zero-order valence-electron chi connectivity index (χ0n) is 18.3. The number of hydrogen-bond donors (Lipinski definition) is 1. The molecule has 1 N–H and O–H groups in total. The van der Waals surface area contributed by atoms with Crippen LogP contribution in [0.2, 0.25) is 0 Å². The average molecular weight is 423 g/mol. The summed E-state index contributed by atoms with van der Waals surface area (Å²) in [5.41, 5.74) is 2.92. The lowest BCUT2D eigenvalue weighted by Crippen LogP contribution is -2.42. The van der Waals surface area contributed by atoms with Crippen LogP contribution in [0.4, 0.5) is 0 Å². The van der Waals surface area contributed by atoms with Gasteiger partial charge in [0.1, 0.15) is 5.82 Å². The number of H-pyrrole nitrogens is 1. The van der Waals surface area contributed by atoms with Crippen molar-refractivity contribution in [3.8, 4) is 0 Å². The maximum atomic E-state index is 12.9. The number of nitrogens with one attached hydrogen (secondary N) is 1. The molecule has 0 spiro atoms. The van der Waals surface area contributed by atoms with Gasteiger partial charge in [-0.25, -0.2) is 4.98 Å². The number of aromatic amines is 1. The smallest absolute Gasteiger partial charge is 0.256 e. The molecule has 4 rings (SSSR count). The number of nitrogens with zero attached hydrogens (tertiary/aromatic N) is 3. The summed E-state index contributed by atoms with van der Waals surface area (Å²) in [5, 5.41) is 0. The Morgan fingerprint density at radius 3 is 2.68 bits per heavy atom. The predicted molar refractivity (Wildman–Crippen MR) is 118 cm³/mol. The van der Waals surface area contributed by atoms with Crippen LogP contribution in [0.5, 0.6) is 0 Å². The fraction of sp³-hybridized carbons (Fsp3) is 0.500. The Bertz CT molecular complexity index is 1030. The van der Waals surface area contributed by atoms with E-state index in [1.807, 2.05) is 43.0 Å². The Kier molecular flexibility index (Phi) is 6.20. The summed E-state index contributed by atoms with van der Waals surface area (Å²) < 4.78 is 0. The van der Waals surface area contributed by atoms with Gasteiger partial charge >= 0.3 is 0 Å². The lowest BCUT2D eigenvalue weighted by molar-refractivity contribution is -0.132. The van der Waals surface area contributed by atoms with Crippen LogP contribution in [0, 0.1) is 6.92 Å². The summed E-state index contributed by atoms with van der Waals surface area (Å²) in [6, 6.07) is 7.50. The van der Waals surface area contributed by atoms with Crippen LogP contribution in [0.1, 0.15) is 71.5 Å². The Labute approximate surface area is 182 Å². The van der Waals surface area contributed by atoms with Gasteiger partial charge in [-0.15, -0.1) is 0 Å². The zero-order chi connectivity index (χ0) is 22.0. The minimum Gasteiger partial charge on any atom is -0.342 e. The minimum atomic E-state index is -0.168. The molecular formula is C24H30N4O3. The Hall–Kier alpha value is -2.96. The van der Waals surface area contributed by atoms with Crippen LogP contribution in [0.15, 0.2) is 29.1 Å². The number of amides is 2. The molecule has 0 bridgehead atoms. The molecule has 2 aliphatic heterocycles. The molecular weight excluding hydrogens is 392 g/mol. The molecule has 2 amide bonds. The van der Waals surface area contributed by atoms with E-state index in [1.54, 1.807) is 4.90 Å². The summed E-state index contributed by atoms with van der Waals surface area (Å²) in [5.74, 6) is 0.847. The van der Waals surface area contributed by atoms with Crippen molar-refractivity contribution in [1.29, 1.82) is 0 Å². The van der Waals surface area contributed by atoms with E-state index < -0.39 is 0 Å². The molecule has 1 aromatic carbocycles. The topological polar surface area (TPSA) is 86.4 Å². The molecule has 7 heteroatoms. The quantitative estimate of drug-likeness (QED) is 0.821. The van der Waals surface area contributed by atoms with Crippen molar-refractivity contribution >= 4 is 11.8 Å². The van der Waals surface area contributed by atoms with Gasteiger partial charge in [-0.2, -0.15) is 0 Å². The van der Waals surface area contributed by atoms with E-state index in [0.29, 0.717) is 42.9 Å². The zero-order valence-corrected chi connectivity index (χ0v) is 18.3. The second-order valence-corrected chi connectivity index (χ2v) is 8.65. The molecule has 0 saturated carbocycles. The molecule has 1 unspecified atom stereocenters. The largest absolute Gasteiger partial charge is 0.342 e. The van der Waals surface area contributed by atoms with E-state index in [1.165, 1.54) is 0 Å². The number of carbonyl (C=O) groups excluding carboxylic acids is 2. The normalized spacial score (nSPS) is 18.6. The molecule has 2 aromatic rings. The highest BCUT2D eigenvalue weighted by molar-refractivity contribution is 5.94. The number of piperidine rings is 1. The molecule has 1 atom stereocenters. The lowest BCUT2D eigenvalue weighted by atomic mass is 9.96. The Morgan fingerprint density at radius 1 is 1.16 bits per heavy atom. The maximum absolute atomic E-state index is 12.9. The van der Waals surface area contributed by atoms with Gasteiger partial charge in [-0.1, -0.05) is 24.6 Å². The number of aromatic nitrogens is 2. The first-order valence-electron chi connectivity index (χ1n) is 11.2. The van der Waals surface area contributed by atoms with Gasteiger partial charge in [-0.05, 0) is 38.3 Å². The number of fused-ring (bicyclic) bond motifs is 1. The summed E-state index contributed by atoms with van der Waals surface area (Å²) in [4.78, 5) is 49.4. The van der Waals surface area contributed by atoms with E-state index in [0.717, 1.165) is 37.1 Å². The van der Waals surface area contributed by atoms with Crippen LogP contribution < -0.4 is 5.56 Å². The number of hydrogen-bond acceptors (Lipinski definition) is 4. The van der Waals surface area contributed by atoms with E-state index in [4.69, 9.17) is 4.98 Å². The van der Waals surface area contributed by atoms with E-state index in [-0.39, 0.29) is 29.8 Å². The third kappa shape index (κ3) is 4.55. The van der Waals surface area contributed by atoms with Gasteiger partial charge in [0, 0.05) is 44.0 Å². The van der Waals surface area contributed by atoms with E-state index >= 15 is 0 Å². The van der Waals surface area contributed by atoms with Crippen molar-refractivity contribution in [2.24, 2.45) is 0 Å². The number of benzene rings is 1. The molecule has 31 heavy (non-hydrogen) atoms. The number of likely N-dealkylation sites (tertiary alicyclic amines) is 1. The second kappa shape index (κ2) is 9.04. The second-order valence-electron chi connectivity index (χ2n) is 8.65. The lowest BCUT2D eigenvalue weighted by Gasteiger charge is -2.33. The molecule has 2 aliphatic rings. The van der Waals surface area contributed by atoms with Crippen LogP contribution in [0.25, 0.3) is 0 Å². The first kappa shape index (κ1) is 21.3. The molecule has 0 aliphatic carbocycles. The highest BCUT2D eigenvalue weighted by Gasteiger charge is 2.29. The molecule has 0 radical (unpaired) electrons. The van der Waals surface area contributed by atoms with Crippen LogP contribution in [-0.2, 0) is 17.8 Å². The molecule has 1 saturated heterocycles. The summed E-state index contributed by atoms with van der Waals surface area (Å²) >= 11 is 0. The molecule has 1 fully saturated rings. The van der Waals surface area contributed by atoms with Gasteiger partial charge in [0.2, 0.25) is 5.91 Å². The van der Waals surface area contributed by atoms with E-state index in [9.17, 15) is 14.4 Å². The first-order valence-corrected chi connectivity index (χ1v) is 11.2. The number of carbonyl (C=O) groups is 2. The van der Waals surface area contributed by atoms with Crippen molar-refractivity contribution in [3.63, 3.8) is 0 Å². The number of aryl methyl sites for hydroxylation is 1. The molecule has 164 valence electrons. The van der Waals surface area contributed by atoms with Gasteiger partial charge in [0.15, 0.2) is 0 Å². The van der Waals surface area contributed by atoms with Crippen molar-refractivity contribution in [1.82, 2.24) is 19.8 Å². The Balaban J connectivity index is 1.51.